The van der Waals surface area contributed by atoms with Gasteiger partial charge in [-0.2, -0.15) is 13.2 Å². The van der Waals surface area contributed by atoms with Crippen LogP contribution >= 0.6 is 15.9 Å². The lowest BCUT2D eigenvalue weighted by Crippen LogP contribution is -2.07. The molecule has 1 heterocycles. The molecule has 0 spiro atoms. The topological polar surface area (TPSA) is 9.23 Å². The third kappa shape index (κ3) is 3.01. The summed E-state index contributed by atoms with van der Waals surface area (Å²) in [5.74, 6) is 0.0693. The number of alkyl halides is 4. The minimum Gasteiger partial charge on any atom is -0.377 e. The van der Waals surface area contributed by atoms with Crippen molar-refractivity contribution in [1.29, 1.82) is 0 Å². The normalized spacial score (nSPS) is 25.2. The molecule has 0 bridgehead atoms. The van der Waals surface area contributed by atoms with Crippen LogP contribution in [0, 0.1) is 0 Å². The molecule has 1 aliphatic rings. The van der Waals surface area contributed by atoms with Gasteiger partial charge in [-0.05, 0) is 18.1 Å². The van der Waals surface area contributed by atoms with Gasteiger partial charge in [-0.1, -0.05) is 34.1 Å². The molecule has 0 N–H and O–H groups in total. The average molecular weight is 309 g/mol. The Kier molecular flexibility index (Phi) is 3.78. The van der Waals surface area contributed by atoms with E-state index >= 15 is 0 Å². The summed E-state index contributed by atoms with van der Waals surface area (Å²) < 4.78 is 43.1. The molecule has 5 heteroatoms. The fourth-order valence-corrected chi connectivity index (χ4v) is 2.47. The van der Waals surface area contributed by atoms with Gasteiger partial charge in [-0.15, -0.1) is 0 Å². The van der Waals surface area contributed by atoms with Gasteiger partial charge < -0.3 is 4.74 Å². The predicted molar refractivity (Wildman–Crippen MR) is 62.3 cm³/mol. The van der Waals surface area contributed by atoms with Crippen LogP contribution in [0.1, 0.15) is 23.5 Å². The largest absolute Gasteiger partial charge is 0.416 e. The van der Waals surface area contributed by atoms with Crippen LogP contribution in [0.3, 0.4) is 0 Å². The Morgan fingerprint density at radius 2 is 2.12 bits per heavy atom. The van der Waals surface area contributed by atoms with Gasteiger partial charge in [-0.25, -0.2) is 0 Å². The van der Waals surface area contributed by atoms with Crippen LogP contribution in [-0.2, 0) is 10.9 Å². The third-order valence-electron chi connectivity index (χ3n) is 2.94. The highest BCUT2D eigenvalue weighted by atomic mass is 79.9. The van der Waals surface area contributed by atoms with Crippen LogP contribution < -0.4 is 0 Å². The molecule has 1 aromatic rings. The molecule has 0 aromatic heterocycles. The fourth-order valence-electron chi connectivity index (χ4n) is 2.01. The van der Waals surface area contributed by atoms with E-state index < -0.39 is 11.7 Å². The van der Waals surface area contributed by atoms with Crippen LogP contribution in [0.4, 0.5) is 13.2 Å². The second kappa shape index (κ2) is 4.98. The summed E-state index contributed by atoms with van der Waals surface area (Å²) in [5, 5.41) is 0.725. The second-order valence-corrected chi connectivity index (χ2v) is 4.81. The van der Waals surface area contributed by atoms with E-state index in [2.05, 4.69) is 15.9 Å². The van der Waals surface area contributed by atoms with Crippen molar-refractivity contribution >= 4 is 15.9 Å². The van der Waals surface area contributed by atoms with E-state index in [1.54, 1.807) is 6.07 Å². The van der Waals surface area contributed by atoms with Crippen molar-refractivity contribution in [2.45, 2.75) is 24.6 Å². The van der Waals surface area contributed by atoms with Gasteiger partial charge >= 0.3 is 6.18 Å². The van der Waals surface area contributed by atoms with Crippen LogP contribution in [0.25, 0.3) is 0 Å². The second-order valence-electron chi connectivity index (χ2n) is 4.17. The highest BCUT2D eigenvalue weighted by Crippen LogP contribution is 2.34. The van der Waals surface area contributed by atoms with E-state index in [1.807, 2.05) is 0 Å². The van der Waals surface area contributed by atoms with E-state index in [4.69, 9.17) is 4.74 Å². The SMILES string of the molecule is FC(F)(F)c1cccc([C@@H]2CO[C@H](CBr)C2)c1. The van der Waals surface area contributed by atoms with Gasteiger partial charge in [0.05, 0.1) is 18.3 Å². The number of halogens is 4. The first-order chi connectivity index (χ1) is 8.00. The first-order valence-electron chi connectivity index (χ1n) is 5.35. The van der Waals surface area contributed by atoms with Gasteiger partial charge in [0.15, 0.2) is 0 Å². The summed E-state index contributed by atoms with van der Waals surface area (Å²) in [5.41, 5.74) is 0.126. The lowest BCUT2D eigenvalue weighted by atomic mass is 9.95. The number of hydrogen-bond donors (Lipinski definition) is 0. The molecule has 1 aliphatic heterocycles. The first-order valence-corrected chi connectivity index (χ1v) is 6.47. The van der Waals surface area contributed by atoms with Crippen molar-refractivity contribution in [2.24, 2.45) is 0 Å². The van der Waals surface area contributed by atoms with Crippen LogP contribution in [0.5, 0.6) is 0 Å². The molecule has 0 unspecified atom stereocenters. The third-order valence-corrected chi connectivity index (χ3v) is 3.66. The zero-order valence-corrected chi connectivity index (χ0v) is 10.6. The maximum atomic E-state index is 12.6. The Labute approximate surface area is 106 Å². The molecule has 2 atom stereocenters. The van der Waals surface area contributed by atoms with E-state index in [0.717, 1.165) is 17.8 Å². The molecule has 1 fully saturated rings. The Morgan fingerprint density at radius 3 is 2.71 bits per heavy atom. The Morgan fingerprint density at radius 1 is 1.35 bits per heavy atom. The summed E-state index contributed by atoms with van der Waals surface area (Å²) in [7, 11) is 0. The van der Waals surface area contributed by atoms with Gasteiger partial charge in [-0.3, -0.25) is 0 Å². The van der Waals surface area contributed by atoms with Gasteiger partial charge in [0.2, 0.25) is 0 Å². The fraction of sp³-hybridized carbons (Fsp3) is 0.500. The Bertz CT molecular complexity index is 392. The highest BCUT2D eigenvalue weighted by molar-refractivity contribution is 9.09. The maximum absolute atomic E-state index is 12.6. The lowest BCUT2D eigenvalue weighted by molar-refractivity contribution is -0.137. The molecule has 17 heavy (non-hydrogen) atoms. The van der Waals surface area contributed by atoms with Crippen molar-refractivity contribution in [3.8, 4) is 0 Å². The number of benzene rings is 1. The van der Waals surface area contributed by atoms with Crippen molar-refractivity contribution in [1.82, 2.24) is 0 Å². The maximum Gasteiger partial charge on any atom is 0.416 e. The van der Waals surface area contributed by atoms with Crippen molar-refractivity contribution in [2.75, 3.05) is 11.9 Å². The van der Waals surface area contributed by atoms with Crippen LogP contribution in [0.15, 0.2) is 24.3 Å². The first kappa shape index (κ1) is 12.9. The van der Waals surface area contributed by atoms with Crippen LogP contribution in [-0.4, -0.2) is 18.0 Å². The summed E-state index contributed by atoms with van der Waals surface area (Å²) in [6.45, 7) is 0.498. The summed E-state index contributed by atoms with van der Waals surface area (Å²) >= 11 is 3.32. The van der Waals surface area contributed by atoms with Crippen LogP contribution in [0.2, 0.25) is 0 Å². The molecule has 1 saturated heterocycles. The Balaban J connectivity index is 2.17. The molecule has 1 aromatic carbocycles. The van der Waals surface area contributed by atoms with E-state index in [-0.39, 0.29) is 12.0 Å². The molecule has 0 aliphatic carbocycles. The van der Waals surface area contributed by atoms with Gasteiger partial charge in [0.1, 0.15) is 0 Å². The van der Waals surface area contributed by atoms with Gasteiger partial charge in [0, 0.05) is 11.2 Å². The van der Waals surface area contributed by atoms with E-state index in [9.17, 15) is 13.2 Å². The number of hydrogen-bond acceptors (Lipinski definition) is 1. The lowest BCUT2D eigenvalue weighted by Gasteiger charge is -2.12. The quantitative estimate of drug-likeness (QED) is 0.751. The summed E-state index contributed by atoms with van der Waals surface area (Å²) in [6, 6.07) is 5.52. The summed E-state index contributed by atoms with van der Waals surface area (Å²) in [6.07, 6.45) is -3.40. The smallest absolute Gasteiger partial charge is 0.377 e. The number of rotatable bonds is 2. The average Bonchev–Trinajstić information content (AvgIpc) is 2.76. The molecule has 2 rings (SSSR count). The minimum atomic E-state index is -4.27. The standard InChI is InChI=1S/C12H12BrF3O/c13-6-11-5-9(7-17-11)8-2-1-3-10(4-8)12(14,15)16/h1-4,9,11H,5-7H2/t9-,11-/m0/s1. The monoisotopic (exact) mass is 308 g/mol. The Hall–Kier alpha value is -0.550. The predicted octanol–water partition coefficient (Wildman–Crippen LogP) is 3.97. The molecule has 0 saturated carbocycles. The van der Waals surface area contributed by atoms with Crippen molar-refractivity contribution < 1.29 is 17.9 Å². The molecule has 0 amide bonds. The van der Waals surface area contributed by atoms with E-state index in [1.165, 1.54) is 12.1 Å². The van der Waals surface area contributed by atoms with Crippen molar-refractivity contribution in [3.05, 3.63) is 35.4 Å². The number of ether oxygens (including phenoxy) is 1. The van der Waals surface area contributed by atoms with Gasteiger partial charge in [0.25, 0.3) is 0 Å². The zero-order chi connectivity index (χ0) is 12.5. The molecule has 94 valence electrons. The minimum absolute atomic E-state index is 0.0693. The molecular weight excluding hydrogens is 297 g/mol. The van der Waals surface area contributed by atoms with E-state index in [0.29, 0.717) is 12.2 Å². The molecular formula is C12H12BrF3O. The molecule has 0 radical (unpaired) electrons. The van der Waals surface area contributed by atoms with Crippen molar-refractivity contribution in [3.63, 3.8) is 0 Å². The highest BCUT2D eigenvalue weighted by Gasteiger charge is 2.32. The summed E-state index contributed by atoms with van der Waals surface area (Å²) in [4.78, 5) is 0. The zero-order valence-electron chi connectivity index (χ0n) is 9.01. The molecule has 1 nitrogen and oxygen atoms in total.